The van der Waals surface area contributed by atoms with E-state index in [0.29, 0.717) is 7.23 Å². The van der Waals surface area contributed by atoms with E-state index in [1.165, 1.54) is 0 Å². The van der Waals surface area contributed by atoms with E-state index in [-0.39, 0.29) is 4.49 Å². The molecule has 0 saturated heterocycles. The van der Waals surface area contributed by atoms with E-state index in [9.17, 15) is 0 Å². The number of hydrogen-bond donors (Lipinski definition) is 1. The van der Waals surface area contributed by atoms with Gasteiger partial charge in [0, 0.05) is 0 Å². The molecule has 0 radical (unpaired) electrons. The van der Waals surface area contributed by atoms with Crippen LogP contribution in [0.5, 0.6) is 0 Å². The summed E-state index contributed by atoms with van der Waals surface area (Å²) in [6.07, 6.45) is 0. The third kappa shape index (κ3) is 5.27. The summed E-state index contributed by atoms with van der Waals surface area (Å²) < 4.78 is -0.359. The molecule has 0 heterocycles. The van der Waals surface area contributed by atoms with E-state index in [2.05, 4.69) is 11.8 Å². The minimum atomic E-state index is -0.359. The van der Waals surface area contributed by atoms with E-state index >= 15 is 0 Å². The summed E-state index contributed by atoms with van der Waals surface area (Å²) in [6, 6.07) is 0. The van der Waals surface area contributed by atoms with Crippen molar-refractivity contribution >= 4 is 45.9 Å². The van der Waals surface area contributed by atoms with Crippen LogP contribution in [0.3, 0.4) is 0 Å². The van der Waals surface area contributed by atoms with Crippen molar-refractivity contribution in [2.45, 2.75) is 0 Å². The summed E-state index contributed by atoms with van der Waals surface area (Å²) in [7, 11) is 0.622. The number of rotatable bonds is 1. The van der Waals surface area contributed by atoms with Gasteiger partial charge in [-0.1, -0.05) is 34.2 Å². The van der Waals surface area contributed by atoms with E-state index in [4.69, 9.17) is 5.02 Å². The van der Waals surface area contributed by atoms with Gasteiger partial charge in [0.1, 0.15) is 0 Å². The van der Waals surface area contributed by atoms with Crippen molar-refractivity contribution in [3.8, 4) is 0 Å². The fourth-order valence-corrected chi connectivity index (χ4v) is 0. The van der Waals surface area contributed by atoms with Gasteiger partial charge >= 0.3 is 4.49 Å². The molecule has 0 amide bonds. The summed E-state index contributed by atoms with van der Waals surface area (Å²) in [5.41, 5.74) is 0. The molecule has 1 nitrogen and oxygen atoms in total. The zero-order chi connectivity index (χ0) is 4.28. The quantitative estimate of drug-likeness (QED) is 0.399. The van der Waals surface area contributed by atoms with Crippen molar-refractivity contribution in [1.82, 2.24) is 0 Å². The minimum absolute atomic E-state index is 0.359. The van der Waals surface area contributed by atoms with Crippen LogP contribution in [-0.4, -0.2) is 9.52 Å². The first-order valence-corrected chi connectivity index (χ1v) is 4.14. The Balaban J connectivity index is 2.83. The predicted octanol–water partition coefficient (Wildman–Crippen LogP) is 0.807. The molecular formula is HBIOPS. The Morgan fingerprint density at radius 3 is 2.20 bits per heavy atom. The van der Waals surface area contributed by atoms with Gasteiger partial charge in [-0.05, 0) is 7.23 Å². The van der Waals surface area contributed by atoms with Crippen LogP contribution in [0.25, 0.3) is 0 Å². The molecule has 0 aromatic carbocycles. The SMILES string of the molecule is OB(I)P=S. The highest BCUT2D eigenvalue weighted by atomic mass is 127. The van der Waals surface area contributed by atoms with E-state index in [1.54, 1.807) is 0 Å². The molecule has 0 aliphatic heterocycles. The lowest BCUT2D eigenvalue weighted by Crippen LogP contribution is -1.82. The summed E-state index contributed by atoms with van der Waals surface area (Å²) in [5.74, 6) is 0. The van der Waals surface area contributed by atoms with Crippen LogP contribution >= 0.6 is 29.6 Å². The average Bonchev–Trinajstić information content (AvgIpc) is 1.38. The molecule has 0 bridgehead atoms. The molecule has 0 unspecified atom stereocenters. The van der Waals surface area contributed by atoms with E-state index in [0.717, 1.165) is 0 Å². The van der Waals surface area contributed by atoms with Gasteiger partial charge in [-0.15, -0.1) is 0 Å². The minimum Gasteiger partial charge on any atom is -0.434 e. The maximum absolute atomic E-state index is 8.23. The van der Waals surface area contributed by atoms with Crippen molar-refractivity contribution < 1.29 is 5.02 Å². The van der Waals surface area contributed by atoms with Crippen molar-refractivity contribution in [1.29, 1.82) is 0 Å². The van der Waals surface area contributed by atoms with Gasteiger partial charge in [-0.3, -0.25) is 0 Å². The van der Waals surface area contributed by atoms with Crippen LogP contribution in [0, 0.1) is 0 Å². The van der Waals surface area contributed by atoms with Gasteiger partial charge < -0.3 is 5.02 Å². The predicted molar refractivity (Wildman–Crippen MR) is 36.3 cm³/mol. The summed E-state index contributed by atoms with van der Waals surface area (Å²) in [6.45, 7) is 0. The number of halogens is 1. The first-order valence-electron chi connectivity index (χ1n) is 0.917. The van der Waals surface area contributed by atoms with Gasteiger partial charge in [0.05, 0.1) is 0 Å². The third-order valence-corrected chi connectivity index (χ3v) is 2.83. The van der Waals surface area contributed by atoms with Crippen LogP contribution in [0.1, 0.15) is 0 Å². The lowest BCUT2D eigenvalue weighted by Gasteiger charge is -1.70. The fraction of sp³-hybridized carbons (Fsp3) is 0. The topological polar surface area (TPSA) is 20.2 Å². The van der Waals surface area contributed by atoms with Gasteiger partial charge in [0.2, 0.25) is 0 Å². The molecule has 28 valence electrons. The largest absolute Gasteiger partial charge is 0.434 e. The molecule has 5 heavy (non-hydrogen) atoms. The smallest absolute Gasteiger partial charge is 0.434 e. The van der Waals surface area contributed by atoms with Gasteiger partial charge in [0.25, 0.3) is 0 Å². The van der Waals surface area contributed by atoms with Crippen molar-refractivity contribution in [3.05, 3.63) is 0 Å². The van der Waals surface area contributed by atoms with Crippen LogP contribution in [0.4, 0.5) is 0 Å². The van der Waals surface area contributed by atoms with Crippen LogP contribution in [-0.2, 0) is 11.8 Å². The van der Waals surface area contributed by atoms with Crippen molar-refractivity contribution in [3.63, 3.8) is 0 Å². The van der Waals surface area contributed by atoms with Gasteiger partial charge in [0.15, 0.2) is 0 Å². The van der Waals surface area contributed by atoms with Crippen LogP contribution in [0.2, 0.25) is 0 Å². The summed E-state index contributed by atoms with van der Waals surface area (Å²) in [5, 5.41) is 8.23. The van der Waals surface area contributed by atoms with Crippen molar-refractivity contribution in [2.24, 2.45) is 0 Å². The Labute approximate surface area is 50.9 Å². The molecule has 0 fully saturated rings. The molecule has 0 saturated carbocycles. The Hall–Kier alpha value is 1.27. The number of hydrogen-bond acceptors (Lipinski definition) is 2. The molecule has 0 rings (SSSR count). The zero-order valence-corrected chi connectivity index (χ0v) is 6.13. The fourth-order valence-electron chi connectivity index (χ4n) is 0. The molecule has 0 aromatic heterocycles. The molecule has 0 spiro atoms. The molecule has 0 aromatic rings. The lowest BCUT2D eigenvalue weighted by molar-refractivity contribution is 0.620. The molecular weight excluding hydrogens is 217 g/mol. The average molecular weight is 218 g/mol. The highest BCUT2D eigenvalue weighted by molar-refractivity contribution is 14.1. The first-order chi connectivity index (χ1) is 2.27. The lowest BCUT2D eigenvalue weighted by atomic mass is 10.6. The molecule has 5 heteroatoms. The normalized spacial score (nSPS) is 8.40. The summed E-state index contributed by atoms with van der Waals surface area (Å²) in [4.78, 5) is 0. The zero-order valence-electron chi connectivity index (χ0n) is 2.26. The van der Waals surface area contributed by atoms with Crippen LogP contribution in [0.15, 0.2) is 0 Å². The molecule has 1 N–H and O–H groups in total. The highest BCUT2D eigenvalue weighted by Gasteiger charge is 1.94. The Morgan fingerprint density at radius 1 is 2.00 bits per heavy atom. The standard InChI is InChI=1S/BHIOPS/c2-1(3)4-5/h3H. The Kier molecular flexibility index (Phi) is 4.35. The summed E-state index contributed by atoms with van der Waals surface area (Å²) >= 11 is 6.24. The second-order valence-electron chi connectivity index (χ2n) is 0.416. The monoisotopic (exact) mass is 218 g/mol. The van der Waals surface area contributed by atoms with Gasteiger partial charge in [-0.2, -0.15) is 0 Å². The third-order valence-electron chi connectivity index (χ3n) is 0.0870. The van der Waals surface area contributed by atoms with Gasteiger partial charge in [-0.25, -0.2) is 0 Å². The second kappa shape index (κ2) is 3.46. The maximum atomic E-state index is 8.23. The second-order valence-corrected chi connectivity index (χ2v) is 3.91. The van der Waals surface area contributed by atoms with E-state index in [1.807, 2.05) is 22.4 Å². The maximum Gasteiger partial charge on any atom is 0.434 e. The van der Waals surface area contributed by atoms with E-state index < -0.39 is 0 Å². The molecule has 0 atom stereocenters. The Bertz CT molecular complexity index is 38.6. The van der Waals surface area contributed by atoms with Crippen LogP contribution < -0.4 is 0 Å². The molecule has 0 aliphatic carbocycles. The molecule has 0 aliphatic rings. The Morgan fingerprint density at radius 2 is 2.20 bits per heavy atom. The van der Waals surface area contributed by atoms with Crippen molar-refractivity contribution in [2.75, 3.05) is 0 Å². The first kappa shape index (κ1) is 6.27. The highest BCUT2D eigenvalue weighted by Crippen LogP contribution is 2.02.